The zero-order valence-corrected chi connectivity index (χ0v) is 11.4. The molecule has 0 aliphatic rings. The molecule has 0 aliphatic heterocycles. The Hall–Kier alpha value is -1.90. The lowest BCUT2D eigenvalue weighted by atomic mass is 10.1. The summed E-state index contributed by atoms with van der Waals surface area (Å²) in [7, 11) is 0. The van der Waals surface area contributed by atoms with E-state index < -0.39 is 0 Å². The van der Waals surface area contributed by atoms with E-state index in [1.165, 1.54) is 5.56 Å². The first kappa shape index (κ1) is 12.6. The van der Waals surface area contributed by atoms with Crippen LogP contribution >= 0.6 is 0 Å². The highest BCUT2D eigenvalue weighted by Gasteiger charge is 2.06. The van der Waals surface area contributed by atoms with Gasteiger partial charge in [0.2, 0.25) is 0 Å². The molecular formula is C15H19N3. The average molecular weight is 241 g/mol. The van der Waals surface area contributed by atoms with Crippen molar-refractivity contribution in [1.29, 1.82) is 0 Å². The Morgan fingerprint density at radius 3 is 2.67 bits per heavy atom. The van der Waals surface area contributed by atoms with E-state index in [0.29, 0.717) is 5.92 Å². The summed E-state index contributed by atoms with van der Waals surface area (Å²) in [6.45, 7) is 8.37. The zero-order chi connectivity index (χ0) is 13.1. The van der Waals surface area contributed by atoms with Crippen molar-refractivity contribution in [2.24, 2.45) is 0 Å². The van der Waals surface area contributed by atoms with Crippen LogP contribution in [-0.4, -0.2) is 14.4 Å². The van der Waals surface area contributed by atoms with Gasteiger partial charge in [-0.15, -0.1) is 0 Å². The van der Waals surface area contributed by atoms with E-state index in [0.717, 1.165) is 16.8 Å². The summed E-state index contributed by atoms with van der Waals surface area (Å²) in [6.07, 6.45) is 3.85. The molecule has 0 spiro atoms. The van der Waals surface area contributed by atoms with Gasteiger partial charge in [-0.1, -0.05) is 27.7 Å². The molecule has 0 amide bonds. The van der Waals surface area contributed by atoms with Crippen molar-refractivity contribution in [3.63, 3.8) is 0 Å². The number of fused-ring (bicyclic) bond motifs is 3. The number of aromatic nitrogens is 3. The molecule has 0 N–H and O–H groups in total. The van der Waals surface area contributed by atoms with Gasteiger partial charge in [-0.05, 0) is 35.7 Å². The van der Waals surface area contributed by atoms with Crippen molar-refractivity contribution in [2.45, 2.75) is 33.6 Å². The number of rotatable bonds is 1. The molecule has 3 rings (SSSR count). The average Bonchev–Trinajstić information content (AvgIpc) is 2.78. The molecule has 0 aliphatic carbocycles. The smallest absolute Gasteiger partial charge is 0.178 e. The largest absolute Gasteiger partial charge is 0.298 e. The standard InChI is InChI=1S/C13H13N3.C2H6/c1-9(2)10-5-7-16-11-4-3-6-14-13(11)15-12(16)8-10;1-2/h3-9H,1-2H3;1-2H3. The van der Waals surface area contributed by atoms with Crippen LogP contribution < -0.4 is 0 Å². The molecule has 0 radical (unpaired) electrons. The van der Waals surface area contributed by atoms with Crippen LogP contribution in [0.15, 0.2) is 36.7 Å². The zero-order valence-electron chi connectivity index (χ0n) is 11.4. The number of hydrogen-bond acceptors (Lipinski definition) is 2. The number of imidazole rings is 1. The van der Waals surface area contributed by atoms with E-state index in [1.807, 2.05) is 26.0 Å². The second-order valence-corrected chi connectivity index (χ2v) is 4.30. The maximum absolute atomic E-state index is 4.51. The highest BCUT2D eigenvalue weighted by Crippen LogP contribution is 2.19. The second-order valence-electron chi connectivity index (χ2n) is 4.30. The van der Waals surface area contributed by atoms with Crippen LogP contribution in [-0.2, 0) is 0 Å². The molecule has 0 bridgehead atoms. The Balaban J connectivity index is 0.000000574. The predicted molar refractivity (Wildman–Crippen MR) is 75.9 cm³/mol. The number of pyridine rings is 2. The lowest BCUT2D eigenvalue weighted by Crippen LogP contribution is -1.90. The SMILES string of the molecule is CC.CC(C)c1ccn2c(c1)nc1ncccc12. The van der Waals surface area contributed by atoms with Gasteiger partial charge in [0.15, 0.2) is 5.65 Å². The minimum absolute atomic E-state index is 0.526. The van der Waals surface area contributed by atoms with E-state index in [-0.39, 0.29) is 0 Å². The minimum atomic E-state index is 0.526. The van der Waals surface area contributed by atoms with Crippen molar-refractivity contribution in [2.75, 3.05) is 0 Å². The molecule has 0 atom stereocenters. The summed E-state index contributed by atoms with van der Waals surface area (Å²) in [4.78, 5) is 8.77. The molecular weight excluding hydrogens is 222 g/mol. The van der Waals surface area contributed by atoms with Crippen molar-refractivity contribution in [1.82, 2.24) is 14.4 Å². The van der Waals surface area contributed by atoms with Gasteiger partial charge in [0.05, 0.1) is 5.52 Å². The highest BCUT2D eigenvalue weighted by atomic mass is 15.0. The maximum Gasteiger partial charge on any atom is 0.178 e. The molecule has 3 nitrogen and oxygen atoms in total. The monoisotopic (exact) mass is 241 g/mol. The predicted octanol–water partition coefficient (Wildman–Crippen LogP) is 4.03. The van der Waals surface area contributed by atoms with Crippen LogP contribution in [0, 0.1) is 0 Å². The van der Waals surface area contributed by atoms with E-state index in [9.17, 15) is 0 Å². The highest BCUT2D eigenvalue weighted by molar-refractivity contribution is 5.76. The second kappa shape index (κ2) is 5.17. The van der Waals surface area contributed by atoms with E-state index >= 15 is 0 Å². The molecule has 3 heteroatoms. The maximum atomic E-state index is 4.51. The van der Waals surface area contributed by atoms with Crippen molar-refractivity contribution in [3.05, 3.63) is 42.2 Å². The lowest BCUT2D eigenvalue weighted by Gasteiger charge is -2.04. The van der Waals surface area contributed by atoms with E-state index in [2.05, 4.69) is 46.5 Å². The van der Waals surface area contributed by atoms with Gasteiger partial charge in [0.25, 0.3) is 0 Å². The van der Waals surface area contributed by atoms with Gasteiger partial charge in [0.1, 0.15) is 5.65 Å². The van der Waals surface area contributed by atoms with Crippen LogP contribution in [0.25, 0.3) is 16.8 Å². The Kier molecular flexibility index (Phi) is 3.60. The molecule has 0 fully saturated rings. The molecule has 3 aromatic heterocycles. The quantitative estimate of drug-likeness (QED) is 0.644. The lowest BCUT2D eigenvalue weighted by molar-refractivity contribution is 0.863. The summed E-state index contributed by atoms with van der Waals surface area (Å²) in [5, 5.41) is 0. The van der Waals surface area contributed by atoms with Crippen LogP contribution in [0.3, 0.4) is 0 Å². The van der Waals surface area contributed by atoms with Crippen LogP contribution in [0.5, 0.6) is 0 Å². The van der Waals surface area contributed by atoms with Gasteiger partial charge < -0.3 is 0 Å². The molecule has 3 heterocycles. The molecule has 0 saturated heterocycles. The summed E-state index contributed by atoms with van der Waals surface area (Å²) >= 11 is 0. The van der Waals surface area contributed by atoms with Crippen molar-refractivity contribution in [3.8, 4) is 0 Å². The third-order valence-corrected chi connectivity index (χ3v) is 2.87. The topological polar surface area (TPSA) is 30.2 Å². The molecule has 0 unspecified atom stereocenters. The van der Waals surface area contributed by atoms with Gasteiger partial charge in [0, 0.05) is 12.4 Å². The van der Waals surface area contributed by atoms with Crippen LogP contribution in [0.1, 0.15) is 39.2 Å². The molecule has 3 aromatic rings. The fraction of sp³-hybridized carbons (Fsp3) is 0.333. The minimum Gasteiger partial charge on any atom is -0.298 e. The molecule has 18 heavy (non-hydrogen) atoms. The van der Waals surface area contributed by atoms with Gasteiger partial charge in [-0.2, -0.15) is 0 Å². The molecule has 0 saturated carbocycles. The third kappa shape index (κ3) is 2.08. The van der Waals surface area contributed by atoms with Gasteiger partial charge in [-0.25, -0.2) is 9.97 Å². The van der Waals surface area contributed by atoms with Crippen molar-refractivity contribution < 1.29 is 0 Å². The van der Waals surface area contributed by atoms with E-state index in [1.54, 1.807) is 6.20 Å². The number of hydrogen-bond donors (Lipinski definition) is 0. The first-order valence-electron chi connectivity index (χ1n) is 6.48. The summed E-state index contributed by atoms with van der Waals surface area (Å²) < 4.78 is 2.08. The summed E-state index contributed by atoms with van der Waals surface area (Å²) in [5.41, 5.74) is 4.15. The molecule has 94 valence electrons. The summed E-state index contributed by atoms with van der Waals surface area (Å²) in [6, 6.07) is 8.25. The number of nitrogens with zero attached hydrogens (tertiary/aromatic N) is 3. The van der Waals surface area contributed by atoms with Crippen LogP contribution in [0.2, 0.25) is 0 Å². The first-order chi connectivity index (χ1) is 8.75. The fourth-order valence-electron chi connectivity index (χ4n) is 1.92. The fourth-order valence-corrected chi connectivity index (χ4v) is 1.92. The first-order valence-corrected chi connectivity index (χ1v) is 6.48. The van der Waals surface area contributed by atoms with Crippen LogP contribution in [0.4, 0.5) is 0 Å². The van der Waals surface area contributed by atoms with Gasteiger partial charge in [-0.3, -0.25) is 4.40 Å². The van der Waals surface area contributed by atoms with Gasteiger partial charge >= 0.3 is 0 Å². The normalized spacial score (nSPS) is 10.7. The van der Waals surface area contributed by atoms with E-state index in [4.69, 9.17) is 0 Å². The molecule has 0 aromatic carbocycles. The summed E-state index contributed by atoms with van der Waals surface area (Å²) in [5.74, 6) is 0.526. The van der Waals surface area contributed by atoms with Crippen molar-refractivity contribution >= 4 is 16.8 Å². The Morgan fingerprint density at radius 1 is 1.17 bits per heavy atom. The Labute approximate surface area is 108 Å². The third-order valence-electron chi connectivity index (χ3n) is 2.87. The Morgan fingerprint density at radius 2 is 1.94 bits per heavy atom. The Bertz CT molecular complexity index is 653.